The van der Waals surface area contributed by atoms with Gasteiger partial charge in [-0.3, -0.25) is 0 Å². The van der Waals surface area contributed by atoms with Crippen LogP contribution in [0.4, 0.5) is 9.18 Å². The van der Waals surface area contributed by atoms with Crippen molar-refractivity contribution >= 4 is 6.09 Å². The quantitative estimate of drug-likeness (QED) is 0.732. The number of cyclic esters (lactones) is 1. The van der Waals surface area contributed by atoms with E-state index in [0.29, 0.717) is 18.5 Å². The number of aryl methyl sites for hydroxylation is 1. The van der Waals surface area contributed by atoms with Crippen LogP contribution in [-0.4, -0.2) is 24.6 Å². The van der Waals surface area contributed by atoms with Crippen molar-refractivity contribution in [3.8, 4) is 0 Å². The van der Waals surface area contributed by atoms with E-state index in [-0.39, 0.29) is 18.0 Å². The standard InChI is InChI=1S/C12H14FNO2/c1-8-3-4-9(7-10(8)13)11-5-6-14(2)12(15)16-11/h3-4,7,11H,5-6H2,1-2H3/t11-/m0/s1. The Bertz CT molecular complexity index is 419. The number of carbonyl (C=O) groups is 1. The lowest BCUT2D eigenvalue weighted by atomic mass is 10.0. The van der Waals surface area contributed by atoms with Crippen molar-refractivity contribution in [2.45, 2.75) is 19.4 Å². The van der Waals surface area contributed by atoms with E-state index in [9.17, 15) is 9.18 Å². The van der Waals surface area contributed by atoms with E-state index in [1.165, 1.54) is 11.0 Å². The highest BCUT2D eigenvalue weighted by molar-refractivity contribution is 5.68. The molecule has 0 unspecified atom stereocenters. The van der Waals surface area contributed by atoms with Crippen LogP contribution >= 0.6 is 0 Å². The van der Waals surface area contributed by atoms with E-state index in [1.807, 2.05) is 6.07 Å². The molecule has 16 heavy (non-hydrogen) atoms. The van der Waals surface area contributed by atoms with Crippen LogP contribution in [0.25, 0.3) is 0 Å². The molecule has 0 radical (unpaired) electrons. The largest absolute Gasteiger partial charge is 0.441 e. The first-order chi connectivity index (χ1) is 7.58. The maximum Gasteiger partial charge on any atom is 0.410 e. The van der Waals surface area contributed by atoms with Crippen molar-refractivity contribution in [3.05, 3.63) is 35.1 Å². The van der Waals surface area contributed by atoms with Crippen LogP contribution in [0.3, 0.4) is 0 Å². The normalized spacial score (nSPS) is 20.8. The Hall–Kier alpha value is -1.58. The summed E-state index contributed by atoms with van der Waals surface area (Å²) in [6.07, 6.45) is 0.0288. The highest BCUT2D eigenvalue weighted by Gasteiger charge is 2.25. The van der Waals surface area contributed by atoms with Gasteiger partial charge in [-0.15, -0.1) is 0 Å². The minimum atomic E-state index is -0.350. The second-order valence-corrected chi connectivity index (χ2v) is 4.09. The van der Waals surface area contributed by atoms with Gasteiger partial charge in [0, 0.05) is 20.0 Å². The number of carbonyl (C=O) groups excluding carboxylic acids is 1. The van der Waals surface area contributed by atoms with E-state index >= 15 is 0 Å². The molecule has 1 aromatic carbocycles. The van der Waals surface area contributed by atoms with Crippen LogP contribution in [0, 0.1) is 12.7 Å². The molecule has 0 saturated carbocycles. The SMILES string of the molecule is Cc1ccc([C@@H]2CCN(C)C(=O)O2)cc1F. The minimum absolute atomic E-state index is 0.257. The van der Waals surface area contributed by atoms with Gasteiger partial charge < -0.3 is 9.64 Å². The van der Waals surface area contributed by atoms with Crippen molar-refractivity contribution in [3.63, 3.8) is 0 Å². The zero-order valence-corrected chi connectivity index (χ0v) is 9.37. The number of nitrogens with zero attached hydrogens (tertiary/aromatic N) is 1. The molecule has 1 amide bonds. The Labute approximate surface area is 93.8 Å². The van der Waals surface area contributed by atoms with Gasteiger partial charge in [-0.2, -0.15) is 0 Å². The number of hydrogen-bond acceptors (Lipinski definition) is 2. The number of amides is 1. The van der Waals surface area contributed by atoms with E-state index in [4.69, 9.17) is 4.74 Å². The van der Waals surface area contributed by atoms with Crippen LogP contribution in [0.15, 0.2) is 18.2 Å². The van der Waals surface area contributed by atoms with Gasteiger partial charge in [0.15, 0.2) is 0 Å². The number of benzene rings is 1. The summed E-state index contributed by atoms with van der Waals surface area (Å²) in [5.74, 6) is -0.257. The first-order valence-electron chi connectivity index (χ1n) is 5.25. The summed E-state index contributed by atoms with van der Waals surface area (Å²) in [6.45, 7) is 2.35. The Morgan fingerprint density at radius 2 is 2.25 bits per heavy atom. The van der Waals surface area contributed by atoms with Crippen molar-refractivity contribution < 1.29 is 13.9 Å². The number of hydrogen-bond donors (Lipinski definition) is 0. The second-order valence-electron chi connectivity index (χ2n) is 4.09. The maximum absolute atomic E-state index is 13.4. The van der Waals surface area contributed by atoms with E-state index in [2.05, 4.69) is 0 Å². The van der Waals surface area contributed by atoms with Gasteiger partial charge >= 0.3 is 6.09 Å². The molecule has 0 N–H and O–H groups in total. The Kier molecular flexibility index (Phi) is 2.81. The van der Waals surface area contributed by atoms with Crippen molar-refractivity contribution in [2.75, 3.05) is 13.6 Å². The number of ether oxygens (including phenoxy) is 1. The number of rotatable bonds is 1. The molecule has 1 saturated heterocycles. The highest BCUT2D eigenvalue weighted by Crippen LogP contribution is 2.27. The fraction of sp³-hybridized carbons (Fsp3) is 0.417. The molecule has 0 bridgehead atoms. The molecule has 1 aliphatic rings. The molecule has 86 valence electrons. The third-order valence-electron chi connectivity index (χ3n) is 2.85. The molecule has 4 heteroatoms. The van der Waals surface area contributed by atoms with Gasteiger partial charge in [-0.05, 0) is 24.1 Å². The fourth-order valence-corrected chi connectivity index (χ4v) is 1.72. The maximum atomic E-state index is 13.4. The summed E-state index contributed by atoms with van der Waals surface area (Å²) in [5.41, 5.74) is 1.33. The third kappa shape index (κ3) is 2.01. The molecule has 2 rings (SSSR count). The summed E-state index contributed by atoms with van der Waals surface area (Å²) in [4.78, 5) is 12.9. The number of halogens is 1. The van der Waals surface area contributed by atoms with Gasteiger partial charge in [0.1, 0.15) is 11.9 Å². The van der Waals surface area contributed by atoms with Gasteiger partial charge in [0.05, 0.1) is 0 Å². The van der Waals surface area contributed by atoms with E-state index < -0.39 is 0 Å². The van der Waals surface area contributed by atoms with Gasteiger partial charge in [0.25, 0.3) is 0 Å². The topological polar surface area (TPSA) is 29.5 Å². The summed E-state index contributed by atoms with van der Waals surface area (Å²) < 4.78 is 18.6. The lowest BCUT2D eigenvalue weighted by Crippen LogP contribution is -2.35. The van der Waals surface area contributed by atoms with Crippen LogP contribution in [0.2, 0.25) is 0 Å². The third-order valence-corrected chi connectivity index (χ3v) is 2.85. The fourth-order valence-electron chi connectivity index (χ4n) is 1.72. The molecule has 1 aromatic rings. The summed E-state index contributed by atoms with van der Waals surface area (Å²) >= 11 is 0. The average molecular weight is 223 g/mol. The second kappa shape index (κ2) is 4.12. The van der Waals surface area contributed by atoms with Crippen molar-refractivity contribution in [2.24, 2.45) is 0 Å². The van der Waals surface area contributed by atoms with Gasteiger partial charge in [-0.1, -0.05) is 12.1 Å². The van der Waals surface area contributed by atoms with E-state index in [1.54, 1.807) is 20.0 Å². The molecule has 1 aliphatic heterocycles. The van der Waals surface area contributed by atoms with Crippen LogP contribution in [0.1, 0.15) is 23.7 Å². The van der Waals surface area contributed by atoms with Gasteiger partial charge in [0.2, 0.25) is 0 Å². The average Bonchev–Trinajstić information content (AvgIpc) is 2.26. The molecule has 1 heterocycles. The van der Waals surface area contributed by atoms with E-state index in [0.717, 1.165) is 5.56 Å². The Morgan fingerprint density at radius 3 is 2.88 bits per heavy atom. The smallest absolute Gasteiger partial charge is 0.410 e. The molecule has 1 atom stereocenters. The monoisotopic (exact) mass is 223 g/mol. The zero-order chi connectivity index (χ0) is 11.7. The molecule has 0 aromatic heterocycles. The lowest BCUT2D eigenvalue weighted by molar-refractivity contribution is 0.0323. The van der Waals surface area contributed by atoms with Crippen molar-refractivity contribution in [1.29, 1.82) is 0 Å². The zero-order valence-electron chi connectivity index (χ0n) is 9.37. The Balaban J connectivity index is 2.18. The molecule has 3 nitrogen and oxygen atoms in total. The first-order valence-corrected chi connectivity index (χ1v) is 5.25. The molecular weight excluding hydrogens is 209 g/mol. The van der Waals surface area contributed by atoms with Crippen LogP contribution < -0.4 is 0 Å². The highest BCUT2D eigenvalue weighted by atomic mass is 19.1. The molecular formula is C12H14FNO2. The van der Waals surface area contributed by atoms with Crippen molar-refractivity contribution in [1.82, 2.24) is 4.90 Å². The predicted molar refractivity (Wildman–Crippen MR) is 57.6 cm³/mol. The summed E-state index contributed by atoms with van der Waals surface area (Å²) in [6, 6.07) is 4.96. The molecule has 0 spiro atoms. The summed E-state index contributed by atoms with van der Waals surface area (Å²) in [5, 5.41) is 0. The predicted octanol–water partition coefficient (Wildman–Crippen LogP) is 2.65. The van der Waals surface area contributed by atoms with Crippen LogP contribution in [0.5, 0.6) is 0 Å². The molecule has 1 fully saturated rings. The lowest BCUT2D eigenvalue weighted by Gasteiger charge is -2.29. The van der Waals surface area contributed by atoms with Crippen LogP contribution in [-0.2, 0) is 4.74 Å². The first kappa shape index (κ1) is 10.9. The summed E-state index contributed by atoms with van der Waals surface area (Å²) in [7, 11) is 1.69. The van der Waals surface area contributed by atoms with Gasteiger partial charge in [-0.25, -0.2) is 9.18 Å². The molecule has 0 aliphatic carbocycles. The Morgan fingerprint density at radius 1 is 1.50 bits per heavy atom. The minimum Gasteiger partial charge on any atom is -0.441 e.